The van der Waals surface area contributed by atoms with E-state index in [1.165, 1.54) is 0 Å². The van der Waals surface area contributed by atoms with Gasteiger partial charge < -0.3 is 0 Å². The first-order chi connectivity index (χ1) is 5.91. The second-order valence-corrected chi connectivity index (χ2v) is 46.1. The molecule has 0 aromatic heterocycles. The van der Waals surface area contributed by atoms with Gasteiger partial charge >= 0.3 is 99.1 Å². The minimum absolute atomic E-state index is 1.82. The van der Waals surface area contributed by atoms with Gasteiger partial charge in [0.25, 0.3) is 0 Å². The fourth-order valence-electron chi connectivity index (χ4n) is 0. The maximum atomic E-state index is 5.04. The van der Waals surface area contributed by atoms with Crippen molar-refractivity contribution in [1.29, 1.82) is 0 Å². The Morgan fingerprint density at radius 3 is 0.643 bits per heavy atom. The predicted molar refractivity (Wildman–Crippen MR) is 65.9 cm³/mol. The monoisotopic (exact) mass is 514 g/mol. The van der Waals surface area contributed by atoms with Crippen LogP contribution in [0.25, 0.3) is 0 Å². The Hall–Kier alpha value is 3.65. The van der Waals surface area contributed by atoms with Crippen molar-refractivity contribution in [2.75, 3.05) is 0 Å². The maximum absolute atomic E-state index is 5.04. The van der Waals surface area contributed by atoms with E-state index in [4.69, 9.17) is 68.1 Å². The van der Waals surface area contributed by atoms with Crippen molar-refractivity contribution in [3.8, 4) is 11.8 Å². The molecule has 0 nitrogen and oxygen atoms in total. The molecule has 0 fully saturated rings. The van der Waals surface area contributed by atoms with E-state index in [0.29, 0.717) is 0 Å². The Morgan fingerprint density at radius 1 is 0.571 bits per heavy atom. The molecule has 0 spiro atoms. The van der Waals surface area contributed by atoms with Gasteiger partial charge in [0.05, 0.1) is 0 Å². The van der Waals surface area contributed by atoms with Crippen molar-refractivity contribution in [2.45, 2.75) is 13.8 Å². The summed E-state index contributed by atoms with van der Waals surface area (Å²) in [6.45, 7) is 3.64. The first-order valence-electron chi connectivity index (χ1n) is 2.76. The Balaban J connectivity index is -0.000000131. The summed E-state index contributed by atoms with van der Waals surface area (Å²) in [4.78, 5) is 0. The third-order valence-corrected chi connectivity index (χ3v) is 0.250. The summed E-state index contributed by atoms with van der Waals surface area (Å²) in [5, 5.41) is 0. The first kappa shape index (κ1) is 22.8. The van der Waals surface area contributed by atoms with Crippen LogP contribution in [0.15, 0.2) is 0 Å². The third-order valence-electron chi connectivity index (χ3n) is 0.250. The van der Waals surface area contributed by atoms with Crippen LogP contribution >= 0.6 is 68.1 Å². The SMILES string of the molecule is CC#CC.[Cl][Zr]([Cl])([Cl])[Cl].[Cl][Zr]([Cl])([Cl])[Cl]. The van der Waals surface area contributed by atoms with E-state index in [0.717, 1.165) is 0 Å². The second kappa shape index (κ2) is 13.1. The van der Waals surface area contributed by atoms with Crippen LogP contribution in [0.3, 0.4) is 0 Å². The summed E-state index contributed by atoms with van der Waals surface area (Å²) in [5.74, 6) is 5.36. The van der Waals surface area contributed by atoms with Crippen LogP contribution in [0.4, 0.5) is 0 Å². The van der Waals surface area contributed by atoms with E-state index in [1.54, 1.807) is 0 Å². The summed E-state index contributed by atoms with van der Waals surface area (Å²) < 4.78 is 0. The fraction of sp³-hybridized carbons (Fsp3) is 0.500. The Kier molecular flexibility index (Phi) is 21.3. The van der Waals surface area contributed by atoms with Crippen molar-refractivity contribution in [3.63, 3.8) is 0 Å². The molecular formula is C4H6Cl8Zr2. The van der Waals surface area contributed by atoms with Gasteiger partial charge in [0.1, 0.15) is 0 Å². The molecule has 0 amide bonds. The van der Waals surface area contributed by atoms with Crippen LogP contribution < -0.4 is 0 Å². The van der Waals surface area contributed by atoms with Crippen LogP contribution in [0.2, 0.25) is 0 Å². The molecule has 10 heteroatoms. The zero-order valence-electron chi connectivity index (χ0n) is 7.02. The van der Waals surface area contributed by atoms with E-state index >= 15 is 0 Å². The van der Waals surface area contributed by atoms with Gasteiger partial charge in [-0.15, -0.1) is 11.8 Å². The summed E-state index contributed by atoms with van der Waals surface area (Å²) in [7, 11) is 40.3. The summed E-state index contributed by atoms with van der Waals surface area (Å²) in [5.41, 5.74) is 0. The molecule has 0 aliphatic heterocycles. The van der Waals surface area contributed by atoms with Crippen molar-refractivity contribution >= 4 is 68.1 Å². The molecule has 0 rings (SSSR count). The van der Waals surface area contributed by atoms with Gasteiger partial charge in [0.2, 0.25) is 0 Å². The normalized spacial score (nSPS) is 9.57. The average Bonchev–Trinajstić information content (AvgIpc) is 1.79. The molecule has 0 aromatic carbocycles. The van der Waals surface area contributed by atoms with E-state index in [9.17, 15) is 0 Å². The first-order valence-corrected chi connectivity index (χ1v) is 28.1. The molecule has 0 N–H and O–H groups in total. The Labute approximate surface area is 122 Å². The van der Waals surface area contributed by atoms with E-state index in [-0.39, 0.29) is 0 Å². The van der Waals surface area contributed by atoms with Crippen LogP contribution in [-0.2, 0) is 31.0 Å². The van der Waals surface area contributed by atoms with E-state index < -0.39 is 31.0 Å². The van der Waals surface area contributed by atoms with Crippen molar-refractivity contribution in [2.24, 2.45) is 0 Å². The van der Waals surface area contributed by atoms with Gasteiger partial charge in [-0.3, -0.25) is 0 Å². The van der Waals surface area contributed by atoms with Gasteiger partial charge in [-0.1, -0.05) is 0 Å². The molecule has 0 aliphatic carbocycles. The molecule has 14 heavy (non-hydrogen) atoms. The molecular weight excluding hydrogens is 514 g/mol. The van der Waals surface area contributed by atoms with Crippen LogP contribution in [0.1, 0.15) is 13.8 Å². The topological polar surface area (TPSA) is 0 Å². The summed E-state index contributed by atoms with van der Waals surface area (Å²) in [6.07, 6.45) is 0. The van der Waals surface area contributed by atoms with Crippen LogP contribution in [0.5, 0.6) is 0 Å². The quantitative estimate of drug-likeness (QED) is 0.319. The molecule has 0 radical (unpaired) electrons. The van der Waals surface area contributed by atoms with Gasteiger partial charge in [-0.2, -0.15) is 0 Å². The van der Waals surface area contributed by atoms with Crippen molar-refractivity contribution in [3.05, 3.63) is 0 Å². The van der Waals surface area contributed by atoms with Crippen LogP contribution in [0, 0.1) is 11.8 Å². The van der Waals surface area contributed by atoms with Gasteiger partial charge in [0, 0.05) is 0 Å². The molecule has 0 heterocycles. The molecule has 0 saturated heterocycles. The van der Waals surface area contributed by atoms with E-state index in [2.05, 4.69) is 11.8 Å². The fourth-order valence-corrected chi connectivity index (χ4v) is 0. The second-order valence-electron chi connectivity index (χ2n) is 1.36. The Bertz CT molecular complexity index is 140. The van der Waals surface area contributed by atoms with Gasteiger partial charge in [0.15, 0.2) is 0 Å². The average molecular weight is 520 g/mol. The molecule has 0 aliphatic rings. The predicted octanol–water partition coefficient (Wildman–Crippen LogP) is 6.54. The Morgan fingerprint density at radius 2 is 0.643 bits per heavy atom. The number of hydrogen-bond acceptors (Lipinski definition) is 0. The van der Waals surface area contributed by atoms with Crippen LogP contribution in [-0.4, -0.2) is 0 Å². The van der Waals surface area contributed by atoms with E-state index in [1.807, 2.05) is 13.8 Å². The molecule has 0 bridgehead atoms. The number of rotatable bonds is 0. The zero-order valence-corrected chi connectivity index (χ0v) is 18.0. The number of hydrogen-bond donors (Lipinski definition) is 0. The molecule has 0 atom stereocenters. The summed E-state index contributed by atoms with van der Waals surface area (Å²) in [6, 6.07) is 0. The number of halogens is 8. The summed E-state index contributed by atoms with van der Waals surface area (Å²) >= 11 is -6.58. The molecule has 0 aromatic rings. The van der Waals surface area contributed by atoms with Gasteiger partial charge in [-0.05, 0) is 13.8 Å². The molecule has 86 valence electrons. The minimum atomic E-state index is -3.29. The van der Waals surface area contributed by atoms with Gasteiger partial charge in [-0.25, -0.2) is 0 Å². The van der Waals surface area contributed by atoms with Crippen molar-refractivity contribution < 1.29 is 31.0 Å². The zero-order chi connectivity index (χ0) is 12.4. The standard InChI is InChI=1S/C4H6.8ClH.2Zr/c1-3-4-2;;;;;;;;;;/h1-2H3;8*1H;;/q;;;;;;;;;2*+4/p-8. The van der Waals surface area contributed by atoms with Crippen molar-refractivity contribution in [1.82, 2.24) is 0 Å². The third kappa shape index (κ3) is 155. The molecule has 0 saturated carbocycles. The molecule has 0 unspecified atom stereocenters.